The Morgan fingerprint density at radius 3 is 2.92 bits per heavy atom. The quantitative estimate of drug-likeness (QED) is 0.758. The molecule has 0 saturated carbocycles. The molecule has 0 radical (unpaired) electrons. The van der Waals surface area contributed by atoms with E-state index < -0.39 is 0 Å². The van der Waals surface area contributed by atoms with E-state index in [1.165, 1.54) is 0 Å². The number of hydrogen-bond donors (Lipinski definition) is 1. The zero-order valence-corrected chi connectivity index (χ0v) is 9.35. The summed E-state index contributed by atoms with van der Waals surface area (Å²) in [6, 6.07) is 0. The second-order valence-corrected chi connectivity index (χ2v) is 4.89. The standard InChI is InChI=1S/C10H20O2S/c1-3-4-8(2)10(11)9-7-13-6-5-12-9/h8-11H,3-7H2,1-2H3. The van der Waals surface area contributed by atoms with Crippen LogP contribution in [-0.2, 0) is 4.74 Å². The zero-order chi connectivity index (χ0) is 9.68. The number of ether oxygens (including phenoxy) is 1. The Kier molecular flexibility index (Phi) is 5.14. The maximum absolute atomic E-state index is 9.94. The van der Waals surface area contributed by atoms with Crippen molar-refractivity contribution in [2.75, 3.05) is 18.1 Å². The Bertz CT molecular complexity index is 135. The van der Waals surface area contributed by atoms with Gasteiger partial charge >= 0.3 is 0 Å². The molecule has 3 heteroatoms. The van der Waals surface area contributed by atoms with Crippen LogP contribution in [0.1, 0.15) is 26.7 Å². The lowest BCUT2D eigenvalue weighted by Crippen LogP contribution is -2.39. The Hall–Kier alpha value is 0.270. The summed E-state index contributed by atoms with van der Waals surface area (Å²) in [7, 11) is 0. The van der Waals surface area contributed by atoms with Crippen LogP contribution in [0.4, 0.5) is 0 Å². The first-order valence-corrected chi connectivity index (χ1v) is 6.28. The largest absolute Gasteiger partial charge is 0.390 e. The molecule has 3 atom stereocenters. The van der Waals surface area contributed by atoms with Crippen molar-refractivity contribution in [2.24, 2.45) is 5.92 Å². The third kappa shape index (κ3) is 3.49. The van der Waals surface area contributed by atoms with Gasteiger partial charge in [-0.2, -0.15) is 11.8 Å². The van der Waals surface area contributed by atoms with Crippen molar-refractivity contribution < 1.29 is 9.84 Å². The summed E-state index contributed by atoms with van der Waals surface area (Å²) in [5.74, 6) is 2.40. The van der Waals surface area contributed by atoms with E-state index in [1.54, 1.807) is 0 Å². The first-order valence-electron chi connectivity index (χ1n) is 5.13. The van der Waals surface area contributed by atoms with Crippen LogP contribution in [0.3, 0.4) is 0 Å². The van der Waals surface area contributed by atoms with Gasteiger partial charge in [0, 0.05) is 11.5 Å². The van der Waals surface area contributed by atoms with E-state index in [-0.39, 0.29) is 12.2 Å². The lowest BCUT2D eigenvalue weighted by atomic mass is 9.96. The van der Waals surface area contributed by atoms with Crippen LogP contribution in [0.25, 0.3) is 0 Å². The average molecular weight is 204 g/mol. The van der Waals surface area contributed by atoms with E-state index in [2.05, 4.69) is 13.8 Å². The van der Waals surface area contributed by atoms with Crippen molar-refractivity contribution in [2.45, 2.75) is 38.9 Å². The third-order valence-electron chi connectivity index (χ3n) is 2.55. The Labute approximate surface area is 85.0 Å². The molecule has 0 bridgehead atoms. The Morgan fingerprint density at radius 1 is 1.62 bits per heavy atom. The smallest absolute Gasteiger partial charge is 0.0927 e. The molecule has 0 amide bonds. The van der Waals surface area contributed by atoms with E-state index in [0.29, 0.717) is 5.92 Å². The number of thioether (sulfide) groups is 1. The molecule has 1 N–H and O–H groups in total. The molecule has 1 rings (SSSR count). The van der Waals surface area contributed by atoms with Crippen molar-refractivity contribution in [1.29, 1.82) is 0 Å². The minimum Gasteiger partial charge on any atom is -0.390 e. The van der Waals surface area contributed by atoms with Gasteiger partial charge in [0.05, 0.1) is 18.8 Å². The summed E-state index contributed by atoms with van der Waals surface area (Å²) in [5.41, 5.74) is 0. The molecule has 13 heavy (non-hydrogen) atoms. The molecule has 0 aromatic heterocycles. The van der Waals surface area contributed by atoms with Gasteiger partial charge in [-0.3, -0.25) is 0 Å². The molecule has 1 saturated heterocycles. The molecule has 78 valence electrons. The molecule has 0 spiro atoms. The second-order valence-electron chi connectivity index (χ2n) is 3.74. The van der Waals surface area contributed by atoms with Crippen LogP contribution in [0.15, 0.2) is 0 Å². The molecule has 1 fully saturated rings. The summed E-state index contributed by atoms with van der Waals surface area (Å²) in [6.07, 6.45) is 2.03. The van der Waals surface area contributed by atoms with Gasteiger partial charge in [0.2, 0.25) is 0 Å². The highest BCUT2D eigenvalue weighted by atomic mass is 32.2. The van der Waals surface area contributed by atoms with Gasteiger partial charge in [-0.15, -0.1) is 0 Å². The zero-order valence-electron chi connectivity index (χ0n) is 8.53. The number of aliphatic hydroxyl groups excluding tert-OH is 1. The lowest BCUT2D eigenvalue weighted by molar-refractivity contribution is -0.0463. The van der Waals surface area contributed by atoms with Crippen molar-refractivity contribution >= 4 is 11.8 Å². The Morgan fingerprint density at radius 2 is 2.38 bits per heavy atom. The van der Waals surface area contributed by atoms with Gasteiger partial charge < -0.3 is 9.84 Å². The fourth-order valence-corrected chi connectivity index (χ4v) is 2.60. The number of rotatable bonds is 4. The van der Waals surface area contributed by atoms with Crippen molar-refractivity contribution in [3.63, 3.8) is 0 Å². The summed E-state index contributed by atoms with van der Waals surface area (Å²) in [5, 5.41) is 9.94. The second kappa shape index (κ2) is 5.89. The van der Waals surface area contributed by atoms with Gasteiger partial charge in [0.1, 0.15) is 0 Å². The van der Waals surface area contributed by atoms with E-state index in [4.69, 9.17) is 4.74 Å². The van der Waals surface area contributed by atoms with Crippen molar-refractivity contribution in [1.82, 2.24) is 0 Å². The molecule has 0 aromatic rings. The first-order chi connectivity index (χ1) is 6.25. The molecule has 1 heterocycles. The van der Waals surface area contributed by atoms with E-state index in [1.807, 2.05) is 11.8 Å². The van der Waals surface area contributed by atoms with Crippen LogP contribution in [0, 0.1) is 5.92 Å². The molecular weight excluding hydrogens is 184 g/mol. The van der Waals surface area contributed by atoms with E-state index in [9.17, 15) is 5.11 Å². The van der Waals surface area contributed by atoms with Crippen LogP contribution < -0.4 is 0 Å². The van der Waals surface area contributed by atoms with Crippen LogP contribution in [0.2, 0.25) is 0 Å². The first kappa shape index (κ1) is 11.3. The van der Waals surface area contributed by atoms with Gasteiger partial charge in [0.25, 0.3) is 0 Å². The summed E-state index contributed by atoms with van der Waals surface area (Å²) in [6.45, 7) is 5.06. The molecule has 1 aliphatic heterocycles. The van der Waals surface area contributed by atoms with Crippen LogP contribution in [-0.4, -0.2) is 35.4 Å². The van der Waals surface area contributed by atoms with E-state index in [0.717, 1.165) is 31.0 Å². The van der Waals surface area contributed by atoms with Gasteiger partial charge in [-0.05, 0) is 12.3 Å². The Balaban J connectivity index is 2.31. The predicted octanol–water partition coefficient (Wildman–Crippen LogP) is 1.92. The van der Waals surface area contributed by atoms with Crippen molar-refractivity contribution in [3.05, 3.63) is 0 Å². The topological polar surface area (TPSA) is 29.5 Å². The fourth-order valence-electron chi connectivity index (χ4n) is 1.70. The van der Waals surface area contributed by atoms with Gasteiger partial charge in [0.15, 0.2) is 0 Å². The molecule has 2 nitrogen and oxygen atoms in total. The monoisotopic (exact) mass is 204 g/mol. The highest BCUT2D eigenvalue weighted by molar-refractivity contribution is 7.99. The highest BCUT2D eigenvalue weighted by Crippen LogP contribution is 2.21. The normalized spacial score (nSPS) is 28.4. The summed E-state index contributed by atoms with van der Waals surface area (Å²) in [4.78, 5) is 0. The summed E-state index contributed by atoms with van der Waals surface area (Å²) < 4.78 is 5.54. The minimum atomic E-state index is -0.271. The molecule has 3 unspecified atom stereocenters. The van der Waals surface area contributed by atoms with Crippen LogP contribution >= 0.6 is 11.8 Å². The lowest BCUT2D eigenvalue weighted by Gasteiger charge is -2.30. The van der Waals surface area contributed by atoms with E-state index >= 15 is 0 Å². The minimum absolute atomic E-state index is 0.0697. The third-order valence-corrected chi connectivity index (χ3v) is 3.57. The average Bonchev–Trinajstić information content (AvgIpc) is 2.18. The molecule has 0 aromatic carbocycles. The molecule has 0 aliphatic carbocycles. The SMILES string of the molecule is CCCC(C)C(O)C1CSCCO1. The van der Waals surface area contributed by atoms with Crippen molar-refractivity contribution in [3.8, 4) is 0 Å². The van der Waals surface area contributed by atoms with Gasteiger partial charge in [-0.1, -0.05) is 20.3 Å². The van der Waals surface area contributed by atoms with Gasteiger partial charge in [-0.25, -0.2) is 0 Å². The molecule has 1 aliphatic rings. The predicted molar refractivity (Wildman–Crippen MR) is 57.1 cm³/mol. The number of hydrogen-bond acceptors (Lipinski definition) is 3. The maximum atomic E-state index is 9.94. The maximum Gasteiger partial charge on any atom is 0.0927 e. The number of aliphatic hydroxyl groups is 1. The molecular formula is C10H20O2S. The fraction of sp³-hybridized carbons (Fsp3) is 1.00. The summed E-state index contributed by atoms with van der Waals surface area (Å²) >= 11 is 1.88. The highest BCUT2D eigenvalue weighted by Gasteiger charge is 2.26. The van der Waals surface area contributed by atoms with Crippen LogP contribution in [0.5, 0.6) is 0 Å².